The van der Waals surface area contributed by atoms with Gasteiger partial charge in [-0.25, -0.2) is 4.98 Å². The number of rotatable bonds is 7. The number of thiazole rings is 1. The molecular weight excluding hydrogens is 366 g/mol. The summed E-state index contributed by atoms with van der Waals surface area (Å²) in [6, 6.07) is 8.93. The van der Waals surface area contributed by atoms with Crippen molar-refractivity contribution < 1.29 is 0 Å². The second-order valence-electron chi connectivity index (χ2n) is 7.47. The molecule has 3 rings (SSSR count). The fourth-order valence-electron chi connectivity index (χ4n) is 3.63. The lowest BCUT2D eigenvalue weighted by Crippen LogP contribution is -2.37. The Kier molecular flexibility index (Phi) is 8.30. The summed E-state index contributed by atoms with van der Waals surface area (Å²) in [5, 5.41) is 10.1. The Hall–Kier alpha value is -1.92. The van der Waals surface area contributed by atoms with Crippen molar-refractivity contribution in [2.75, 3.05) is 26.7 Å². The summed E-state index contributed by atoms with van der Waals surface area (Å²) >= 11 is 1.70. The van der Waals surface area contributed by atoms with Crippen LogP contribution in [0.25, 0.3) is 0 Å². The van der Waals surface area contributed by atoms with Crippen LogP contribution < -0.4 is 10.6 Å². The fourth-order valence-corrected chi connectivity index (χ4v) is 4.28. The number of likely N-dealkylation sites (tertiary alicyclic amines) is 1. The molecule has 0 saturated carbocycles. The standard InChI is InChI=1S/C22H33N5S/c1-18-26-21(17-28-18)10-11-24-22(23-2)25-15-19-8-7-9-20(14-19)16-27-12-5-3-4-6-13-27/h7-9,14,17H,3-6,10-13,15-16H2,1-2H3,(H2,23,24,25). The Morgan fingerprint density at radius 3 is 2.64 bits per heavy atom. The zero-order valence-corrected chi connectivity index (χ0v) is 18.0. The molecule has 28 heavy (non-hydrogen) atoms. The molecule has 1 fully saturated rings. The van der Waals surface area contributed by atoms with Gasteiger partial charge in [0.15, 0.2) is 5.96 Å². The van der Waals surface area contributed by atoms with E-state index in [1.165, 1.54) is 49.9 Å². The molecule has 1 aromatic carbocycles. The minimum absolute atomic E-state index is 0.781. The van der Waals surface area contributed by atoms with Crippen molar-refractivity contribution >= 4 is 17.3 Å². The Bertz CT molecular complexity index is 747. The molecule has 5 nitrogen and oxygen atoms in total. The number of benzene rings is 1. The molecule has 0 bridgehead atoms. The average Bonchev–Trinajstić information content (AvgIpc) is 2.95. The van der Waals surface area contributed by atoms with Gasteiger partial charge in [0.25, 0.3) is 0 Å². The molecule has 6 heteroatoms. The molecule has 2 aromatic rings. The van der Waals surface area contributed by atoms with Gasteiger partial charge < -0.3 is 10.6 Å². The van der Waals surface area contributed by atoms with Crippen LogP contribution in [0.3, 0.4) is 0 Å². The molecule has 0 radical (unpaired) electrons. The van der Waals surface area contributed by atoms with Gasteiger partial charge in [-0.15, -0.1) is 11.3 Å². The van der Waals surface area contributed by atoms with Gasteiger partial charge in [-0.05, 0) is 44.0 Å². The molecular formula is C22H33N5S. The van der Waals surface area contributed by atoms with Crippen molar-refractivity contribution in [2.24, 2.45) is 4.99 Å². The van der Waals surface area contributed by atoms with Crippen LogP contribution in [0.1, 0.15) is 47.5 Å². The number of guanidine groups is 1. The first-order valence-corrected chi connectivity index (χ1v) is 11.3. The maximum absolute atomic E-state index is 4.50. The van der Waals surface area contributed by atoms with Gasteiger partial charge in [0.1, 0.15) is 0 Å². The number of aryl methyl sites for hydroxylation is 1. The van der Waals surface area contributed by atoms with E-state index in [1.54, 1.807) is 11.3 Å². The van der Waals surface area contributed by atoms with Crippen LogP contribution in [0.4, 0.5) is 0 Å². The monoisotopic (exact) mass is 399 g/mol. The summed E-state index contributed by atoms with van der Waals surface area (Å²) in [4.78, 5) is 11.4. The summed E-state index contributed by atoms with van der Waals surface area (Å²) in [7, 11) is 1.82. The highest BCUT2D eigenvalue weighted by Crippen LogP contribution is 2.14. The van der Waals surface area contributed by atoms with Crippen molar-refractivity contribution in [1.82, 2.24) is 20.5 Å². The van der Waals surface area contributed by atoms with E-state index in [0.29, 0.717) is 0 Å². The van der Waals surface area contributed by atoms with E-state index >= 15 is 0 Å². The van der Waals surface area contributed by atoms with Crippen molar-refractivity contribution in [3.63, 3.8) is 0 Å². The molecule has 0 unspecified atom stereocenters. The van der Waals surface area contributed by atoms with Gasteiger partial charge >= 0.3 is 0 Å². The quantitative estimate of drug-likeness (QED) is 0.550. The molecule has 1 aliphatic heterocycles. The van der Waals surface area contributed by atoms with Crippen LogP contribution in [-0.4, -0.2) is 42.5 Å². The molecule has 152 valence electrons. The Morgan fingerprint density at radius 1 is 1.14 bits per heavy atom. The minimum Gasteiger partial charge on any atom is -0.356 e. The zero-order chi connectivity index (χ0) is 19.6. The van der Waals surface area contributed by atoms with Crippen LogP contribution in [0.2, 0.25) is 0 Å². The first-order chi connectivity index (χ1) is 13.7. The lowest BCUT2D eigenvalue weighted by molar-refractivity contribution is 0.277. The van der Waals surface area contributed by atoms with Crippen LogP contribution >= 0.6 is 11.3 Å². The van der Waals surface area contributed by atoms with Crippen LogP contribution in [0, 0.1) is 6.92 Å². The molecule has 0 aliphatic carbocycles. The zero-order valence-electron chi connectivity index (χ0n) is 17.2. The average molecular weight is 400 g/mol. The van der Waals surface area contributed by atoms with Gasteiger partial charge in [0, 0.05) is 38.5 Å². The number of hydrogen-bond donors (Lipinski definition) is 2. The summed E-state index contributed by atoms with van der Waals surface area (Å²) in [6.45, 7) is 7.19. The highest BCUT2D eigenvalue weighted by Gasteiger charge is 2.09. The summed E-state index contributed by atoms with van der Waals surface area (Å²) in [5.41, 5.74) is 3.85. The number of hydrogen-bond acceptors (Lipinski definition) is 4. The molecule has 0 spiro atoms. The predicted octanol–water partition coefficient (Wildman–Crippen LogP) is 3.74. The van der Waals surface area contributed by atoms with Crippen LogP contribution in [-0.2, 0) is 19.5 Å². The lowest BCUT2D eigenvalue weighted by Gasteiger charge is -2.20. The van der Waals surface area contributed by atoms with Gasteiger partial charge in [-0.1, -0.05) is 37.1 Å². The van der Waals surface area contributed by atoms with E-state index in [-0.39, 0.29) is 0 Å². The largest absolute Gasteiger partial charge is 0.356 e. The van der Waals surface area contributed by atoms with E-state index in [1.807, 2.05) is 14.0 Å². The third-order valence-corrected chi connectivity index (χ3v) is 5.94. The van der Waals surface area contributed by atoms with Gasteiger partial charge in [-0.2, -0.15) is 0 Å². The van der Waals surface area contributed by atoms with Gasteiger partial charge in [0.2, 0.25) is 0 Å². The van der Waals surface area contributed by atoms with Gasteiger partial charge in [-0.3, -0.25) is 9.89 Å². The number of aromatic nitrogens is 1. The Morgan fingerprint density at radius 2 is 1.93 bits per heavy atom. The minimum atomic E-state index is 0.781. The van der Waals surface area contributed by atoms with Crippen LogP contribution in [0.5, 0.6) is 0 Å². The number of nitrogens with one attached hydrogen (secondary N) is 2. The maximum atomic E-state index is 4.50. The van der Waals surface area contributed by atoms with E-state index in [0.717, 1.165) is 42.7 Å². The van der Waals surface area contributed by atoms with Crippen molar-refractivity contribution in [2.45, 2.75) is 52.1 Å². The molecule has 1 saturated heterocycles. The molecule has 2 heterocycles. The normalized spacial score (nSPS) is 16.0. The number of nitrogens with zero attached hydrogens (tertiary/aromatic N) is 3. The van der Waals surface area contributed by atoms with Crippen molar-refractivity contribution in [3.05, 3.63) is 51.5 Å². The van der Waals surface area contributed by atoms with Crippen molar-refractivity contribution in [3.8, 4) is 0 Å². The van der Waals surface area contributed by atoms with Crippen molar-refractivity contribution in [1.29, 1.82) is 0 Å². The van der Waals surface area contributed by atoms with Crippen LogP contribution in [0.15, 0.2) is 34.6 Å². The predicted molar refractivity (Wildman–Crippen MR) is 119 cm³/mol. The molecule has 0 atom stereocenters. The maximum Gasteiger partial charge on any atom is 0.191 e. The fraction of sp³-hybridized carbons (Fsp3) is 0.545. The highest BCUT2D eigenvalue weighted by molar-refractivity contribution is 7.09. The van der Waals surface area contributed by atoms with E-state index in [2.05, 4.69) is 55.2 Å². The third-order valence-electron chi connectivity index (χ3n) is 5.12. The number of aliphatic imine (C=N–C) groups is 1. The van der Waals surface area contributed by atoms with E-state index in [9.17, 15) is 0 Å². The summed E-state index contributed by atoms with van der Waals surface area (Å²) in [6.07, 6.45) is 6.35. The topological polar surface area (TPSA) is 52.6 Å². The summed E-state index contributed by atoms with van der Waals surface area (Å²) in [5.74, 6) is 0.838. The first kappa shape index (κ1) is 20.8. The molecule has 1 aliphatic rings. The van der Waals surface area contributed by atoms with E-state index < -0.39 is 0 Å². The Balaban J connectivity index is 1.44. The first-order valence-electron chi connectivity index (χ1n) is 10.4. The molecule has 1 aromatic heterocycles. The smallest absolute Gasteiger partial charge is 0.191 e. The lowest BCUT2D eigenvalue weighted by atomic mass is 10.1. The molecule has 2 N–H and O–H groups in total. The Labute approximate surface area is 173 Å². The van der Waals surface area contributed by atoms with E-state index in [4.69, 9.17) is 0 Å². The third kappa shape index (κ3) is 6.91. The molecule has 0 amide bonds. The summed E-state index contributed by atoms with van der Waals surface area (Å²) < 4.78 is 0. The highest BCUT2D eigenvalue weighted by atomic mass is 32.1. The van der Waals surface area contributed by atoms with Gasteiger partial charge in [0.05, 0.1) is 10.7 Å². The SMILES string of the molecule is CN=C(NCCc1csc(C)n1)NCc1cccc(CN2CCCCCC2)c1. The second-order valence-corrected chi connectivity index (χ2v) is 8.53. The second kappa shape index (κ2) is 11.2.